The monoisotopic (exact) mass is 593 g/mol. The highest BCUT2D eigenvalue weighted by molar-refractivity contribution is 8.00. The molecule has 0 spiro atoms. The van der Waals surface area contributed by atoms with Crippen LogP contribution in [0, 0.1) is 34.1 Å². The van der Waals surface area contributed by atoms with Crippen molar-refractivity contribution in [3.63, 3.8) is 0 Å². The zero-order valence-electron chi connectivity index (χ0n) is 22.9. The number of thioether (sulfide) groups is 1. The number of rotatable bonds is 7. The third kappa shape index (κ3) is 5.21. The molecule has 1 unspecified atom stereocenters. The van der Waals surface area contributed by atoms with Crippen molar-refractivity contribution in [1.82, 2.24) is 19.7 Å². The van der Waals surface area contributed by atoms with Gasteiger partial charge in [-0.2, -0.15) is 5.10 Å². The van der Waals surface area contributed by atoms with Gasteiger partial charge in [-0.25, -0.2) is 14.6 Å². The normalized spacial score (nSPS) is 14.7. The number of anilines is 1. The highest BCUT2D eigenvalue weighted by atomic mass is 32.2. The third-order valence-corrected chi connectivity index (χ3v) is 8.32. The lowest BCUT2D eigenvalue weighted by molar-refractivity contribution is -0.385. The minimum atomic E-state index is -0.512. The van der Waals surface area contributed by atoms with E-state index in [4.69, 9.17) is 15.1 Å². The van der Waals surface area contributed by atoms with Crippen molar-refractivity contribution in [1.29, 1.82) is 0 Å². The largest absolute Gasteiger partial charge is 0.273 e. The Bertz CT molecular complexity index is 1880. The molecule has 13 heteroatoms. The summed E-state index contributed by atoms with van der Waals surface area (Å²) in [5.41, 5.74) is 5.38. The van der Waals surface area contributed by atoms with E-state index in [2.05, 4.69) is 0 Å². The van der Waals surface area contributed by atoms with E-state index < -0.39 is 15.2 Å². The molecule has 3 aromatic carbocycles. The fourth-order valence-corrected chi connectivity index (χ4v) is 6.20. The van der Waals surface area contributed by atoms with Crippen LogP contribution in [-0.4, -0.2) is 41.3 Å². The highest BCUT2D eigenvalue weighted by Crippen LogP contribution is 2.42. The van der Waals surface area contributed by atoms with Gasteiger partial charge in [0.25, 0.3) is 11.4 Å². The number of nitro groups is 2. The van der Waals surface area contributed by atoms with Crippen molar-refractivity contribution in [3.8, 4) is 28.2 Å². The number of benzene rings is 3. The molecule has 0 radical (unpaired) electrons. The predicted octanol–water partition coefficient (Wildman–Crippen LogP) is 6.21. The summed E-state index contributed by atoms with van der Waals surface area (Å²) < 4.78 is 1.83. The summed E-state index contributed by atoms with van der Waals surface area (Å²) in [4.78, 5) is 45.9. The molecule has 1 fully saturated rings. The van der Waals surface area contributed by atoms with Crippen LogP contribution in [0.3, 0.4) is 0 Å². The Hall–Kier alpha value is -5.43. The number of carbonyl (C=O) groups excluding carboxylic acids is 1. The van der Waals surface area contributed by atoms with Gasteiger partial charge in [0.1, 0.15) is 5.37 Å². The number of para-hydroxylation sites is 1. The molecule has 1 aliphatic rings. The second-order valence-corrected chi connectivity index (χ2v) is 10.9. The van der Waals surface area contributed by atoms with Gasteiger partial charge in [-0.15, -0.1) is 11.8 Å². The molecule has 0 saturated carbocycles. The molecule has 43 heavy (non-hydrogen) atoms. The van der Waals surface area contributed by atoms with Gasteiger partial charge in [0.2, 0.25) is 11.9 Å². The van der Waals surface area contributed by atoms with Crippen molar-refractivity contribution in [2.75, 3.05) is 10.7 Å². The molecular formula is C30H23N7O5S. The lowest BCUT2D eigenvalue weighted by Gasteiger charge is -2.23. The van der Waals surface area contributed by atoms with Crippen molar-refractivity contribution in [3.05, 3.63) is 122 Å². The Kier molecular flexibility index (Phi) is 7.16. The van der Waals surface area contributed by atoms with Crippen molar-refractivity contribution in [2.45, 2.75) is 19.2 Å². The Morgan fingerprint density at radius 2 is 1.44 bits per heavy atom. The van der Waals surface area contributed by atoms with Gasteiger partial charge >= 0.3 is 0 Å². The minimum Gasteiger partial charge on any atom is -0.273 e. The number of amides is 1. The van der Waals surface area contributed by atoms with Crippen LogP contribution >= 0.6 is 11.8 Å². The first-order valence-electron chi connectivity index (χ1n) is 13.1. The predicted molar refractivity (Wildman–Crippen MR) is 162 cm³/mol. The van der Waals surface area contributed by atoms with E-state index in [-0.39, 0.29) is 29.0 Å². The summed E-state index contributed by atoms with van der Waals surface area (Å²) >= 11 is 1.37. The van der Waals surface area contributed by atoms with Crippen LogP contribution in [0.4, 0.5) is 17.3 Å². The highest BCUT2D eigenvalue weighted by Gasteiger charge is 2.37. The zero-order valence-corrected chi connectivity index (χ0v) is 23.8. The lowest BCUT2D eigenvalue weighted by Crippen LogP contribution is -2.30. The van der Waals surface area contributed by atoms with Crippen molar-refractivity contribution >= 4 is 35.0 Å². The first-order valence-corrected chi connectivity index (χ1v) is 14.2. The first-order chi connectivity index (χ1) is 20.7. The third-order valence-electron chi connectivity index (χ3n) is 7.11. The maximum Gasteiger partial charge on any atom is 0.269 e. The fraction of sp³-hybridized carbons (Fsp3) is 0.133. The van der Waals surface area contributed by atoms with Crippen LogP contribution in [0.25, 0.3) is 28.2 Å². The number of hydrogen-bond acceptors (Lipinski definition) is 9. The standard InChI is InChI=1S/C30H23N7O5S/c1-18-28(19(2)35(33-18)22-6-4-3-5-7-22)26-16-25(20-8-12-23(13-9-20)36(39)40)31-30(32-26)34-27(38)17-43-29(34)21-10-14-24(15-11-21)37(41)42/h3-16,29H,17H2,1-2H3. The molecular weight excluding hydrogens is 570 g/mol. The molecule has 3 heterocycles. The zero-order chi connectivity index (χ0) is 30.2. The average Bonchev–Trinajstić information content (AvgIpc) is 3.55. The number of non-ortho nitro benzene ring substituents is 2. The summed E-state index contributed by atoms with van der Waals surface area (Å²) in [7, 11) is 0. The van der Waals surface area contributed by atoms with Crippen LogP contribution in [0.5, 0.6) is 0 Å². The second-order valence-electron chi connectivity index (χ2n) is 9.81. The minimum absolute atomic E-state index is 0.0512. The Balaban J connectivity index is 1.51. The Morgan fingerprint density at radius 3 is 2.07 bits per heavy atom. The van der Waals surface area contributed by atoms with Gasteiger partial charge in [-0.05, 0) is 61.9 Å². The van der Waals surface area contributed by atoms with Crippen LogP contribution in [0.15, 0.2) is 84.9 Å². The van der Waals surface area contributed by atoms with Gasteiger partial charge in [0.05, 0.1) is 44.1 Å². The van der Waals surface area contributed by atoms with E-state index in [1.165, 1.54) is 40.9 Å². The summed E-state index contributed by atoms with van der Waals surface area (Å²) in [6, 6.07) is 23.5. The smallest absolute Gasteiger partial charge is 0.269 e. The van der Waals surface area contributed by atoms with Gasteiger partial charge in [-0.3, -0.25) is 29.9 Å². The maximum absolute atomic E-state index is 13.3. The van der Waals surface area contributed by atoms with Gasteiger partial charge < -0.3 is 0 Å². The Morgan fingerprint density at radius 1 is 0.837 bits per heavy atom. The molecule has 0 bridgehead atoms. The molecule has 0 N–H and O–H groups in total. The molecule has 0 aliphatic carbocycles. The molecule has 12 nitrogen and oxygen atoms in total. The molecule has 6 rings (SSSR count). The molecule has 1 saturated heterocycles. The van der Waals surface area contributed by atoms with Gasteiger partial charge in [0, 0.05) is 35.4 Å². The van der Waals surface area contributed by atoms with Gasteiger partial charge in [0.15, 0.2) is 0 Å². The van der Waals surface area contributed by atoms with Crippen LogP contribution in [-0.2, 0) is 4.79 Å². The molecule has 2 aromatic heterocycles. The summed E-state index contributed by atoms with van der Waals surface area (Å²) in [6.45, 7) is 3.82. The number of aryl methyl sites for hydroxylation is 1. The van der Waals surface area contributed by atoms with Crippen LogP contribution in [0.2, 0.25) is 0 Å². The van der Waals surface area contributed by atoms with E-state index in [0.29, 0.717) is 22.5 Å². The number of aromatic nitrogens is 4. The fourth-order valence-electron chi connectivity index (χ4n) is 5.05. The second kappa shape index (κ2) is 11.1. The molecule has 1 aliphatic heterocycles. The first kappa shape index (κ1) is 27.7. The van der Waals surface area contributed by atoms with Crippen molar-refractivity contribution < 1.29 is 14.6 Å². The summed E-state index contributed by atoms with van der Waals surface area (Å²) in [5.74, 6) is 0.107. The van der Waals surface area contributed by atoms with E-state index in [1.54, 1.807) is 30.3 Å². The summed E-state index contributed by atoms with van der Waals surface area (Å²) in [6.07, 6.45) is 0. The SMILES string of the molecule is Cc1nn(-c2ccccc2)c(C)c1-c1cc(-c2ccc([N+](=O)[O-])cc2)nc(N2C(=O)CSC2c2ccc([N+](=O)[O-])cc2)n1. The van der Waals surface area contributed by atoms with E-state index in [0.717, 1.165) is 22.6 Å². The van der Waals surface area contributed by atoms with Crippen molar-refractivity contribution in [2.24, 2.45) is 0 Å². The van der Waals surface area contributed by atoms with Crippen LogP contribution < -0.4 is 4.90 Å². The number of nitrogens with zero attached hydrogens (tertiary/aromatic N) is 7. The Labute approximate surface area is 249 Å². The number of carbonyl (C=O) groups is 1. The van der Waals surface area contributed by atoms with E-state index in [9.17, 15) is 25.0 Å². The van der Waals surface area contributed by atoms with Gasteiger partial charge in [-0.1, -0.05) is 18.2 Å². The quantitative estimate of drug-likeness (QED) is 0.158. The molecule has 1 atom stereocenters. The number of nitro benzene ring substituents is 2. The van der Waals surface area contributed by atoms with E-state index in [1.807, 2.05) is 48.9 Å². The average molecular weight is 594 g/mol. The van der Waals surface area contributed by atoms with Crippen LogP contribution in [0.1, 0.15) is 22.3 Å². The number of hydrogen-bond donors (Lipinski definition) is 0. The molecule has 1 amide bonds. The maximum atomic E-state index is 13.3. The molecule has 214 valence electrons. The molecule has 5 aromatic rings. The topological polar surface area (TPSA) is 150 Å². The summed E-state index contributed by atoms with van der Waals surface area (Å²) in [5, 5.41) is 26.7. The van der Waals surface area contributed by atoms with E-state index >= 15 is 0 Å². The lowest BCUT2D eigenvalue weighted by atomic mass is 10.1.